The predicted octanol–water partition coefficient (Wildman–Crippen LogP) is 1.18. The average molecular weight is 214 g/mol. The Morgan fingerprint density at radius 2 is 2.27 bits per heavy atom. The molecular weight excluding hydrogens is 192 g/mol. The first-order valence-electron chi connectivity index (χ1n) is 5.50. The summed E-state index contributed by atoms with van der Waals surface area (Å²) in [4.78, 5) is 0. The summed E-state index contributed by atoms with van der Waals surface area (Å²) in [6.45, 7) is 5.06. The molecule has 0 fully saturated rings. The molecule has 1 aliphatic rings. The molecule has 0 aromatic rings. The second-order valence-corrected chi connectivity index (χ2v) is 4.26. The van der Waals surface area contributed by atoms with Crippen LogP contribution in [0.15, 0.2) is 11.8 Å². The van der Waals surface area contributed by atoms with Gasteiger partial charge in [-0.2, -0.15) is 0 Å². The first-order valence-corrected chi connectivity index (χ1v) is 5.50. The van der Waals surface area contributed by atoms with E-state index < -0.39 is 0 Å². The highest BCUT2D eigenvalue weighted by atomic mass is 16.5. The fraction of sp³-hybridized carbons (Fsp3) is 0.818. The third-order valence-corrected chi connectivity index (χ3v) is 2.80. The van der Waals surface area contributed by atoms with E-state index in [4.69, 9.17) is 15.3 Å². The largest absolute Gasteiger partial charge is 0.501 e. The highest BCUT2D eigenvalue weighted by Crippen LogP contribution is 2.22. The van der Waals surface area contributed by atoms with Crippen molar-refractivity contribution < 1.29 is 9.47 Å². The Kier molecular flexibility index (Phi) is 5.08. The lowest BCUT2D eigenvalue weighted by Crippen LogP contribution is -2.48. The van der Waals surface area contributed by atoms with Gasteiger partial charge in [-0.3, -0.25) is 11.3 Å². The molecule has 88 valence electrons. The molecule has 2 unspecified atom stereocenters. The van der Waals surface area contributed by atoms with Crippen LogP contribution >= 0.6 is 0 Å². The van der Waals surface area contributed by atoms with Crippen molar-refractivity contribution in [2.75, 3.05) is 13.7 Å². The lowest BCUT2D eigenvalue weighted by Gasteiger charge is -2.31. The molecule has 15 heavy (non-hydrogen) atoms. The minimum absolute atomic E-state index is 0.0512. The Balaban J connectivity index is 2.71. The van der Waals surface area contributed by atoms with Gasteiger partial charge in [-0.15, -0.1) is 0 Å². The summed E-state index contributed by atoms with van der Waals surface area (Å²) in [6, 6.07) is 0.0512. The summed E-state index contributed by atoms with van der Waals surface area (Å²) in [5.41, 5.74) is 4.03. The molecular formula is C11H22N2O2. The van der Waals surface area contributed by atoms with E-state index in [9.17, 15) is 0 Å². The minimum atomic E-state index is 0.0512. The maximum Gasteiger partial charge on any atom is 0.0876 e. The normalized spacial score (nSPS) is 20.7. The van der Waals surface area contributed by atoms with Crippen LogP contribution in [0.1, 0.15) is 26.7 Å². The molecule has 4 nitrogen and oxygen atoms in total. The molecule has 0 aromatic heterocycles. The van der Waals surface area contributed by atoms with E-state index in [1.54, 1.807) is 7.11 Å². The van der Waals surface area contributed by atoms with Crippen LogP contribution in [-0.2, 0) is 9.47 Å². The maximum atomic E-state index is 5.59. The summed E-state index contributed by atoms with van der Waals surface area (Å²) >= 11 is 0. The second kappa shape index (κ2) is 6.10. The van der Waals surface area contributed by atoms with E-state index in [1.165, 1.54) is 5.57 Å². The third-order valence-electron chi connectivity index (χ3n) is 2.80. The highest BCUT2D eigenvalue weighted by molar-refractivity contribution is 5.12. The quantitative estimate of drug-likeness (QED) is 0.533. The van der Waals surface area contributed by atoms with E-state index in [1.807, 2.05) is 6.26 Å². The molecule has 2 atom stereocenters. The van der Waals surface area contributed by atoms with Crippen LogP contribution in [0.3, 0.4) is 0 Å². The van der Waals surface area contributed by atoms with Gasteiger partial charge in [0.2, 0.25) is 0 Å². The topological polar surface area (TPSA) is 56.5 Å². The number of hydrazine groups is 1. The molecule has 1 aliphatic heterocycles. The molecule has 0 saturated carbocycles. The SMILES string of the molecule is COC(C(C)C)C(NN)C1=COCCC1. The molecule has 0 saturated heterocycles. The van der Waals surface area contributed by atoms with Crippen molar-refractivity contribution in [2.24, 2.45) is 11.8 Å². The highest BCUT2D eigenvalue weighted by Gasteiger charge is 2.27. The van der Waals surface area contributed by atoms with Crippen molar-refractivity contribution in [1.29, 1.82) is 0 Å². The molecule has 0 amide bonds. The lowest BCUT2D eigenvalue weighted by atomic mass is 9.91. The lowest BCUT2D eigenvalue weighted by molar-refractivity contribution is 0.0395. The van der Waals surface area contributed by atoms with Gasteiger partial charge in [-0.05, 0) is 24.3 Å². The smallest absolute Gasteiger partial charge is 0.0876 e. The zero-order valence-corrected chi connectivity index (χ0v) is 9.82. The van der Waals surface area contributed by atoms with Crippen LogP contribution < -0.4 is 11.3 Å². The van der Waals surface area contributed by atoms with Gasteiger partial charge in [0, 0.05) is 7.11 Å². The molecule has 0 radical (unpaired) electrons. The standard InChI is InChI=1S/C11H22N2O2/c1-8(2)11(14-3)10(13-12)9-5-4-6-15-7-9/h7-8,10-11,13H,4-6,12H2,1-3H3. The van der Waals surface area contributed by atoms with Gasteiger partial charge in [0.15, 0.2) is 0 Å². The van der Waals surface area contributed by atoms with Gasteiger partial charge >= 0.3 is 0 Å². The number of nitrogens with one attached hydrogen (secondary N) is 1. The number of rotatable bonds is 5. The van der Waals surface area contributed by atoms with Crippen LogP contribution in [0.25, 0.3) is 0 Å². The summed E-state index contributed by atoms with van der Waals surface area (Å²) in [7, 11) is 1.72. The van der Waals surface area contributed by atoms with E-state index in [0.29, 0.717) is 5.92 Å². The number of methoxy groups -OCH3 is 1. The van der Waals surface area contributed by atoms with Gasteiger partial charge in [0.25, 0.3) is 0 Å². The van der Waals surface area contributed by atoms with Crippen molar-refractivity contribution >= 4 is 0 Å². The first kappa shape index (κ1) is 12.5. The summed E-state index contributed by atoms with van der Waals surface area (Å²) in [5, 5.41) is 0. The fourth-order valence-electron chi connectivity index (χ4n) is 2.02. The molecule has 1 heterocycles. The van der Waals surface area contributed by atoms with Crippen LogP contribution in [0, 0.1) is 5.92 Å². The monoisotopic (exact) mass is 214 g/mol. The first-order chi connectivity index (χ1) is 7.20. The average Bonchev–Trinajstić information content (AvgIpc) is 2.26. The van der Waals surface area contributed by atoms with Crippen molar-refractivity contribution in [2.45, 2.75) is 38.8 Å². The van der Waals surface area contributed by atoms with E-state index in [2.05, 4.69) is 19.3 Å². The second-order valence-electron chi connectivity index (χ2n) is 4.26. The van der Waals surface area contributed by atoms with Crippen molar-refractivity contribution in [3.05, 3.63) is 11.8 Å². The minimum Gasteiger partial charge on any atom is -0.501 e. The predicted molar refractivity (Wildman–Crippen MR) is 60.0 cm³/mol. The van der Waals surface area contributed by atoms with Crippen molar-refractivity contribution in [3.63, 3.8) is 0 Å². The van der Waals surface area contributed by atoms with Gasteiger partial charge in [-0.25, -0.2) is 0 Å². The van der Waals surface area contributed by atoms with E-state index >= 15 is 0 Å². The number of ether oxygens (including phenoxy) is 2. The van der Waals surface area contributed by atoms with Crippen LogP contribution in [0.4, 0.5) is 0 Å². The Bertz CT molecular complexity index is 217. The van der Waals surface area contributed by atoms with Crippen molar-refractivity contribution in [3.8, 4) is 0 Å². The maximum absolute atomic E-state index is 5.59. The van der Waals surface area contributed by atoms with E-state index in [-0.39, 0.29) is 12.1 Å². The molecule has 0 aliphatic carbocycles. The zero-order chi connectivity index (χ0) is 11.3. The zero-order valence-electron chi connectivity index (χ0n) is 9.82. The van der Waals surface area contributed by atoms with Crippen molar-refractivity contribution in [1.82, 2.24) is 5.43 Å². The Morgan fingerprint density at radius 1 is 1.53 bits per heavy atom. The van der Waals surface area contributed by atoms with E-state index in [0.717, 1.165) is 19.4 Å². The number of hydrogen-bond donors (Lipinski definition) is 2. The number of hydrogen-bond acceptors (Lipinski definition) is 4. The van der Waals surface area contributed by atoms with Crippen LogP contribution in [0.5, 0.6) is 0 Å². The Labute approximate surface area is 91.8 Å². The van der Waals surface area contributed by atoms with Gasteiger partial charge in [-0.1, -0.05) is 13.8 Å². The Morgan fingerprint density at radius 3 is 2.67 bits per heavy atom. The molecule has 4 heteroatoms. The summed E-state index contributed by atoms with van der Waals surface area (Å²) in [6.07, 6.45) is 3.99. The Hall–Kier alpha value is -0.580. The number of nitrogens with two attached hydrogens (primary N) is 1. The molecule has 3 N–H and O–H groups in total. The fourth-order valence-corrected chi connectivity index (χ4v) is 2.02. The van der Waals surface area contributed by atoms with Crippen LogP contribution in [0.2, 0.25) is 0 Å². The molecule has 0 spiro atoms. The third kappa shape index (κ3) is 3.19. The molecule has 0 aromatic carbocycles. The van der Waals surface area contributed by atoms with Gasteiger partial charge < -0.3 is 9.47 Å². The summed E-state index contributed by atoms with van der Waals surface area (Å²) in [5.74, 6) is 6.01. The van der Waals surface area contributed by atoms with Crippen LogP contribution in [-0.4, -0.2) is 25.9 Å². The van der Waals surface area contributed by atoms with Gasteiger partial charge in [0.05, 0.1) is 25.0 Å². The summed E-state index contributed by atoms with van der Waals surface area (Å²) < 4.78 is 10.8. The molecule has 0 bridgehead atoms. The van der Waals surface area contributed by atoms with Gasteiger partial charge in [0.1, 0.15) is 0 Å². The molecule has 1 rings (SSSR count).